The van der Waals surface area contributed by atoms with Crippen LogP contribution in [0.25, 0.3) is 0 Å². The molecule has 0 aromatic heterocycles. The zero-order valence-electron chi connectivity index (χ0n) is 12.3. The van der Waals surface area contributed by atoms with Gasteiger partial charge in [0.1, 0.15) is 0 Å². The Bertz CT molecular complexity index is 354. The third-order valence-electron chi connectivity index (χ3n) is 4.06. The first-order chi connectivity index (χ1) is 9.33. The van der Waals surface area contributed by atoms with E-state index in [0.29, 0.717) is 6.04 Å². The smallest absolute Gasteiger partial charge is 0.0318 e. The molecular formula is C17H27NS. The van der Waals surface area contributed by atoms with Gasteiger partial charge in [-0.2, -0.15) is 11.8 Å². The molecule has 1 aliphatic rings. The standard InChI is InChI=1S/C17H27NS/c1-3-14-8-10-15(11-9-14)17(4-2)18-13-16-7-5-6-12-19-16/h8-11,16-18H,3-7,12-13H2,1-2H3. The Labute approximate surface area is 122 Å². The molecule has 1 aliphatic heterocycles. The highest BCUT2D eigenvalue weighted by molar-refractivity contribution is 7.99. The van der Waals surface area contributed by atoms with Crippen LogP contribution < -0.4 is 5.32 Å². The van der Waals surface area contributed by atoms with E-state index in [4.69, 9.17) is 0 Å². The predicted octanol–water partition coefficient (Wildman–Crippen LogP) is 4.58. The Morgan fingerprint density at radius 3 is 2.58 bits per heavy atom. The van der Waals surface area contributed by atoms with E-state index in [1.807, 2.05) is 0 Å². The molecule has 0 amide bonds. The van der Waals surface area contributed by atoms with E-state index in [0.717, 1.165) is 11.7 Å². The van der Waals surface area contributed by atoms with Crippen molar-refractivity contribution in [2.75, 3.05) is 12.3 Å². The molecule has 1 aromatic carbocycles. The maximum absolute atomic E-state index is 3.77. The van der Waals surface area contributed by atoms with E-state index in [9.17, 15) is 0 Å². The summed E-state index contributed by atoms with van der Waals surface area (Å²) in [6, 6.07) is 9.67. The summed E-state index contributed by atoms with van der Waals surface area (Å²) < 4.78 is 0. The fourth-order valence-corrected chi connectivity index (χ4v) is 3.98. The second-order valence-electron chi connectivity index (χ2n) is 5.45. The molecule has 0 bridgehead atoms. The Hall–Kier alpha value is -0.470. The first-order valence-corrected chi connectivity index (χ1v) is 8.82. The number of rotatable bonds is 6. The summed E-state index contributed by atoms with van der Waals surface area (Å²) in [6.07, 6.45) is 6.52. The summed E-state index contributed by atoms with van der Waals surface area (Å²) in [5, 5.41) is 4.60. The number of nitrogens with one attached hydrogen (secondary N) is 1. The maximum atomic E-state index is 3.77. The zero-order valence-corrected chi connectivity index (χ0v) is 13.1. The molecule has 2 atom stereocenters. The van der Waals surface area contributed by atoms with Gasteiger partial charge in [0.2, 0.25) is 0 Å². The highest BCUT2D eigenvalue weighted by Gasteiger charge is 2.16. The van der Waals surface area contributed by atoms with Gasteiger partial charge < -0.3 is 5.32 Å². The summed E-state index contributed by atoms with van der Waals surface area (Å²) in [6.45, 7) is 5.66. The minimum Gasteiger partial charge on any atom is -0.309 e. The number of thioether (sulfide) groups is 1. The number of benzene rings is 1. The van der Waals surface area contributed by atoms with Gasteiger partial charge in [-0.15, -0.1) is 0 Å². The van der Waals surface area contributed by atoms with Gasteiger partial charge in [0.05, 0.1) is 0 Å². The predicted molar refractivity (Wildman–Crippen MR) is 87.0 cm³/mol. The average Bonchev–Trinajstić information content (AvgIpc) is 2.49. The normalized spacial score (nSPS) is 21.3. The molecule has 1 nitrogen and oxygen atoms in total. The van der Waals surface area contributed by atoms with Crippen LogP contribution in [0.15, 0.2) is 24.3 Å². The Morgan fingerprint density at radius 2 is 2.00 bits per heavy atom. The Balaban J connectivity index is 1.87. The maximum Gasteiger partial charge on any atom is 0.0318 e. The molecule has 1 fully saturated rings. The Kier molecular flexibility index (Phi) is 6.25. The van der Waals surface area contributed by atoms with Crippen molar-refractivity contribution in [3.63, 3.8) is 0 Å². The molecular weight excluding hydrogens is 250 g/mol. The fraction of sp³-hybridized carbons (Fsp3) is 0.647. The van der Waals surface area contributed by atoms with Crippen molar-refractivity contribution in [2.45, 2.75) is 57.2 Å². The molecule has 1 heterocycles. The summed E-state index contributed by atoms with van der Waals surface area (Å²) in [7, 11) is 0. The SMILES string of the molecule is CCc1ccc(C(CC)NCC2CCCCS2)cc1. The van der Waals surface area contributed by atoms with Crippen molar-refractivity contribution in [1.82, 2.24) is 5.32 Å². The molecule has 1 aromatic rings. The summed E-state index contributed by atoms with van der Waals surface area (Å²) >= 11 is 2.15. The molecule has 2 heteroatoms. The highest BCUT2D eigenvalue weighted by atomic mass is 32.2. The van der Waals surface area contributed by atoms with E-state index in [2.05, 4.69) is 55.2 Å². The van der Waals surface area contributed by atoms with Crippen LogP contribution in [0, 0.1) is 0 Å². The van der Waals surface area contributed by atoms with Crippen LogP contribution in [0.5, 0.6) is 0 Å². The zero-order chi connectivity index (χ0) is 13.5. The monoisotopic (exact) mass is 277 g/mol. The third kappa shape index (κ3) is 4.54. The van der Waals surface area contributed by atoms with Crippen molar-refractivity contribution in [3.05, 3.63) is 35.4 Å². The van der Waals surface area contributed by atoms with Gasteiger partial charge in [-0.05, 0) is 42.6 Å². The van der Waals surface area contributed by atoms with Crippen LogP contribution in [0.1, 0.15) is 56.7 Å². The van der Waals surface area contributed by atoms with Gasteiger partial charge in [-0.25, -0.2) is 0 Å². The molecule has 2 rings (SSSR count). The van der Waals surface area contributed by atoms with E-state index < -0.39 is 0 Å². The minimum atomic E-state index is 0.522. The Morgan fingerprint density at radius 1 is 1.21 bits per heavy atom. The van der Waals surface area contributed by atoms with Gasteiger partial charge in [0.15, 0.2) is 0 Å². The molecule has 1 saturated heterocycles. The van der Waals surface area contributed by atoms with Crippen molar-refractivity contribution >= 4 is 11.8 Å². The number of aryl methyl sites for hydroxylation is 1. The van der Waals surface area contributed by atoms with Gasteiger partial charge in [-0.1, -0.05) is 44.5 Å². The van der Waals surface area contributed by atoms with Crippen LogP contribution in [0.3, 0.4) is 0 Å². The third-order valence-corrected chi connectivity index (χ3v) is 5.46. The molecule has 0 saturated carbocycles. The molecule has 1 N–H and O–H groups in total. The summed E-state index contributed by atoms with van der Waals surface area (Å²) in [4.78, 5) is 0. The lowest BCUT2D eigenvalue weighted by atomic mass is 10.0. The lowest BCUT2D eigenvalue weighted by Crippen LogP contribution is -2.30. The highest BCUT2D eigenvalue weighted by Crippen LogP contribution is 2.25. The average molecular weight is 277 g/mol. The van der Waals surface area contributed by atoms with Crippen molar-refractivity contribution in [3.8, 4) is 0 Å². The van der Waals surface area contributed by atoms with Crippen LogP contribution in [-0.2, 0) is 6.42 Å². The van der Waals surface area contributed by atoms with E-state index in [-0.39, 0.29) is 0 Å². The first kappa shape index (κ1) is 14.9. The van der Waals surface area contributed by atoms with Crippen molar-refractivity contribution < 1.29 is 0 Å². The lowest BCUT2D eigenvalue weighted by Gasteiger charge is -2.25. The topological polar surface area (TPSA) is 12.0 Å². The summed E-state index contributed by atoms with van der Waals surface area (Å²) in [5.74, 6) is 1.36. The second kappa shape index (κ2) is 7.96. The lowest BCUT2D eigenvalue weighted by molar-refractivity contribution is 0.500. The molecule has 2 unspecified atom stereocenters. The molecule has 0 spiro atoms. The quantitative estimate of drug-likeness (QED) is 0.817. The van der Waals surface area contributed by atoms with E-state index in [1.54, 1.807) is 0 Å². The van der Waals surface area contributed by atoms with E-state index >= 15 is 0 Å². The molecule has 0 aliphatic carbocycles. The van der Waals surface area contributed by atoms with Gasteiger partial charge in [0, 0.05) is 17.8 Å². The molecule has 106 valence electrons. The van der Waals surface area contributed by atoms with Crippen molar-refractivity contribution in [2.24, 2.45) is 0 Å². The fourth-order valence-electron chi connectivity index (χ4n) is 2.73. The van der Waals surface area contributed by atoms with Crippen LogP contribution in [0.4, 0.5) is 0 Å². The first-order valence-electron chi connectivity index (χ1n) is 7.77. The van der Waals surface area contributed by atoms with E-state index in [1.165, 1.54) is 49.1 Å². The van der Waals surface area contributed by atoms with Gasteiger partial charge in [-0.3, -0.25) is 0 Å². The van der Waals surface area contributed by atoms with Crippen LogP contribution in [-0.4, -0.2) is 17.5 Å². The minimum absolute atomic E-state index is 0.522. The van der Waals surface area contributed by atoms with Crippen LogP contribution in [0.2, 0.25) is 0 Å². The molecule has 0 radical (unpaired) electrons. The van der Waals surface area contributed by atoms with Crippen LogP contribution >= 0.6 is 11.8 Å². The van der Waals surface area contributed by atoms with Gasteiger partial charge in [0.25, 0.3) is 0 Å². The summed E-state index contributed by atoms with van der Waals surface area (Å²) in [5.41, 5.74) is 2.88. The number of hydrogen-bond acceptors (Lipinski definition) is 2. The van der Waals surface area contributed by atoms with Gasteiger partial charge >= 0.3 is 0 Å². The largest absolute Gasteiger partial charge is 0.309 e. The second-order valence-corrected chi connectivity index (χ2v) is 6.86. The number of hydrogen-bond donors (Lipinski definition) is 1. The van der Waals surface area contributed by atoms with Crippen molar-refractivity contribution in [1.29, 1.82) is 0 Å². The molecule has 19 heavy (non-hydrogen) atoms.